The standard InChI is InChI=1S/C17H17NO2.C14H22N2O3/c1-3-11-18-20-17(4-2)16-10-9-13(12-19)14-7-5-6-8-15(14)16;1-9(17)15-11-7-10(14(2,3)4)8-12(16-19-6)13(11)18-5/h4-12H,3H2,1-2H3;7-8,16H,1-6H3,(H,15,17)/b17-4-,18-11+;. The van der Waals surface area contributed by atoms with Gasteiger partial charge in [-0.2, -0.15) is 0 Å². The molecule has 3 aromatic rings. The summed E-state index contributed by atoms with van der Waals surface area (Å²) in [5, 5.41) is 8.60. The van der Waals surface area contributed by atoms with Crippen molar-refractivity contribution in [1.29, 1.82) is 0 Å². The minimum atomic E-state index is -0.146. The molecule has 0 spiro atoms. The van der Waals surface area contributed by atoms with E-state index in [1.54, 1.807) is 19.4 Å². The van der Waals surface area contributed by atoms with Gasteiger partial charge < -0.3 is 14.9 Å². The molecule has 208 valence electrons. The molecule has 0 heterocycles. The fourth-order valence-electron chi connectivity index (χ4n) is 3.82. The molecule has 39 heavy (non-hydrogen) atoms. The number of benzene rings is 3. The third-order valence-electron chi connectivity index (χ3n) is 5.70. The van der Waals surface area contributed by atoms with Gasteiger partial charge in [0.25, 0.3) is 0 Å². The molecule has 2 N–H and O–H groups in total. The van der Waals surface area contributed by atoms with E-state index >= 15 is 0 Å². The number of oxime groups is 1. The summed E-state index contributed by atoms with van der Waals surface area (Å²) in [4.78, 5) is 32.8. The topological polar surface area (TPSA) is 98.3 Å². The molecule has 3 aromatic carbocycles. The van der Waals surface area contributed by atoms with Crippen LogP contribution in [0.3, 0.4) is 0 Å². The Morgan fingerprint density at radius 1 is 1.03 bits per heavy atom. The Morgan fingerprint density at radius 2 is 1.69 bits per heavy atom. The highest BCUT2D eigenvalue weighted by molar-refractivity contribution is 6.02. The van der Waals surface area contributed by atoms with E-state index in [0.717, 1.165) is 34.6 Å². The number of amides is 1. The Labute approximate surface area is 231 Å². The first-order valence-corrected chi connectivity index (χ1v) is 12.7. The quantitative estimate of drug-likeness (QED) is 0.129. The summed E-state index contributed by atoms with van der Waals surface area (Å²) in [6, 6.07) is 15.4. The highest BCUT2D eigenvalue weighted by atomic mass is 16.6. The molecule has 0 aliphatic rings. The molecule has 0 saturated carbocycles. The molecular weight excluding hydrogens is 494 g/mol. The average Bonchev–Trinajstić information content (AvgIpc) is 2.90. The van der Waals surface area contributed by atoms with Crippen molar-refractivity contribution in [1.82, 2.24) is 0 Å². The summed E-state index contributed by atoms with van der Waals surface area (Å²) in [7, 11) is 3.08. The first kappa shape index (κ1) is 31.1. The maximum absolute atomic E-state index is 11.3. The number of hydrogen-bond acceptors (Lipinski definition) is 7. The highest BCUT2D eigenvalue weighted by Gasteiger charge is 2.20. The lowest BCUT2D eigenvalue weighted by atomic mass is 9.86. The second-order valence-electron chi connectivity index (χ2n) is 9.65. The smallest absolute Gasteiger partial charge is 0.221 e. The van der Waals surface area contributed by atoms with Crippen molar-refractivity contribution < 1.29 is 24.0 Å². The highest BCUT2D eigenvalue weighted by Crippen LogP contribution is 2.38. The normalized spacial score (nSPS) is 11.5. The van der Waals surface area contributed by atoms with Crippen LogP contribution in [-0.4, -0.2) is 32.6 Å². The van der Waals surface area contributed by atoms with Gasteiger partial charge in [-0.25, -0.2) is 0 Å². The number of carbonyl (C=O) groups is 2. The first-order valence-electron chi connectivity index (χ1n) is 12.7. The van der Waals surface area contributed by atoms with Gasteiger partial charge in [0.2, 0.25) is 5.91 Å². The van der Waals surface area contributed by atoms with Crippen LogP contribution >= 0.6 is 0 Å². The number of carbonyl (C=O) groups excluding carboxylic acids is 2. The van der Waals surface area contributed by atoms with Crippen LogP contribution in [0.4, 0.5) is 11.4 Å². The summed E-state index contributed by atoms with van der Waals surface area (Å²) in [6.45, 7) is 11.7. The number of rotatable bonds is 9. The number of allylic oxidation sites excluding steroid dienone is 1. The molecule has 1 amide bonds. The maximum atomic E-state index is 11.3. The predicted octanol–water partition coefficient (Wildman–Crippen LogP) is 7.35. The molecular formula is C31H39N3O5. The number of aldehydes is 1. The molecule has 0 bridgehead atoms. The van der Waals surface area contributed by atoms with Crippen molar-refractivity contribution in [3.05, 3.63) is 71.3 Å². The van der Waals surface area contributed by atoms with Gasteiger partial charge in [-0.05, 0) is 59.4 Å². The number of ether oxygens (including phenoxy) is 1. The van der Waals surface area contributed by atoms with Crippen LogP contribution in [0.2, 0.25) is 0 Å². The minimum absolute atomic E-state index is 0.0519. The lowest BCUT2D eigenvalue weighted by Gasteiger charge is -2.23. The summed E-state index contributed by atoms with van der Waals surface area (Å²) in [5.41, 5.74) is 6.71. The lowest BCUT2D eigenvalue weighted by Crippen LogP contribution is -2.15. The van der Waals surface area contributed by atoms with Crippen molar-refractivity contribution in [3.63, 3.8) is 0 Å². The van der Waals surface area contributed by atoms with E-state index in [9.17, 15) is 9.59 Å². The van der Waals surface area contributed by atoms with Crippen LogP contribution in [0.25, 0.3) is 16.5 Å². The van der Waals surface area contributed by atoms with Crippen LogP contribution in [0.15, 0.2) is 59.8 Å². The SMILES string of the molecule is C/C=C(\O/N=C/CC)c1ccc(C=O)c2ccccc12.CONc1cc(C(C)(C)C)cc(NC(C)=O)c1OC. The number of nitrogens with zero attached hydrogens (tertiary/aromatic N) is 1. The molecule has 0 radical (unpaired) electrons. The van der Waals surface area contributed by atoms with Gasteiger partial charge in [-0.15, -0.1) is 0 Å². The summed E-state index contributed by atoms with van der Waals surface area (Å²) >= 11 is 0. The van der Waals surface area contributed by atoms with E-state index in [1.165, 1.54) is 14.0 Å². The number of methoxy groups -OCH3 is 1. The van der Waals surface area contributed by atoms with Gasteiger partial charge in [0.05, 0.1) is 19.9 Å². The monoisotopic (exact) mass is 533 g/mol. The Balaban J connectivity index is 0.000000274. The third-order valence-corrected chi connectivity index (χ3v) is 5.70. The van der Waals surface area contributed by atoms with E-state index in [2.05, 4.69) is 36.7 Å². The Hall–Kier alpha value is -4.17. The molecule has 3 rings (SSSR count). The van der Waals surface area contributed by atoms with Gasteiger partial charge in [0.1, 0.15) is 5.69 Å². The maximum Gasteiger partial charge on any atom is 0.221 e. The molecule has 0 aliphatic heterocycles. The summed E-state index contributed by atoms with van der Waals surface area (Å²) in [5.74, 6) is 1.08. The van der Waals surface area contributed by atoms with E-state index in [-0.39, 0.29) is 11.3 Å². The summed E-state index contributed by atoms with van der Waals surface area (Å²) < 4.78 is 5.34. The second-order valence-corrected chi connectivity index (χ2v) is 9.65. The molecule has 8 heteroatoms. The molecule has 8 nitrogen and oxygen atoms in total. The van der Waals surface area contributed by atoms with Crippen molar-refractivity contribution in [2.45, 2.75) is 53.4 Å². The minimum Gasteiger partial charge on any atom is -0.492 e. The average molecular weight is 534 g/mol. The van der Waals surface area contributed by atoms with Gasteiger partial charge in [-0.3, -0.25) is 19.9 Å². The van der Waals surface area contributed by atoms with Crippen molar-refractivity contribution in [3.8, 4) is 5.75 Å². The molecule has 0 atom stereocenters. The number of anilines is 2. The molecule has 0 unspecified atom stereocenters. The van der Waals surface area contributed by atoms with Crippen LogP contribution in [-0.2, 0) is 19.9 Å². The van der Waals surface area contributed by atoms with E-state index in [4.69, 9.17) is 14.4 Å². The van der Waals surface area contributed by atoms with E-state index in [0.29, 0.717) is 28.4 Å². The van der Waals surface area contributed by atoms with Crippen molar-refractivity contribution in [2.24, 2.45) is 5.16 Å². The van der Waals surface area contributed by atoms with Crippen LogP contribution < -0.4 is 15.5 Å². The largest absolute Gasteiger partial charge is 0.492 e. The number of nitrogens with one attached hydrogen (secondary N) is 2. The molecule has 0 aromatic heterocycles. The van der Waals surface area contributed by atoms with Crippen LogP contribution in [0.1, 0.15) is 69.4 Å². The first-order chi connectivity index (χ1) is 18.6. The van der Waals surface area contributed by atoms with Crippen LogP contribution in [0.5, 0.6) is 5.75 Å². The van der Waals surface area contributed by atoms with E-state index < -0.39 is 0 Å². The molecule has 0 aliphatic carbocycles. The second kappa shape index (κ2) is 14.7. The number of fused-ring (bicyclic) bond motifs is 1. The Kier molecular flexibility index (Phi) is 11.7. The van der Waals surface area contributed by atoms with Crippen molar-refractivity contribution >= 4 is 46.3 Å². The zero-order valence-corrected chi connectivity index (χ0v) is 24.0. The predicted molar refractivity (Wildman–Crippen MR) is 159 cm³/mol. The van der Waals surface area contributed by atoms with E-state index in [1.807, 2.05) is 62.4 Å². The third kappa shape index (κ3) is 8.41. The number of hydrogen-bond donors (Lipinski definition) is 2. The molecule has 0 saturated heterocycles. The van der Waals surface area contributed by atoms with Gasteiger partial charge in [0, 0.05) is 24.3 Å². The van der Waals surface area contributed by atoms with Crippen molar-refractivity contribution in [2.75, 3.05) is 25.0 Å². The molecule has 0 fully saturated rings. The van der Waals surface area contributed by atoms with Gasteiger partial charge in [-0.1, -0.05) is 63.2 Å². The summed E-state index contributed by atoms with van der Waals surface area (Å²) in [6.07, 6.45) is 5.28. The van der Waals surface area contributed by atoms with Gasteiger partial charge in [0.15, 0.2) is 17.8 Å². The fraction of sp³-hybridized carbons (Fsp3) is 0.323. The lowest BCUT2D eigenvalue weighted by molar-refractivity contribution is -0.114. The van der Waals surface area contributed by atoms with Gasteiger partial charge >= 0.3 is 0 Å². The Bertz CT molecular complexity index is 1340. The van der Waals surface area contributed by atoms with Crippen LogP contribution in [0, 0.1) is 0 Å². The zero-order chi connectivity index (χ0) is 29.0. The fourth-order valence-corrected chi connectivity index (χ4v) is 3.82. The zero-order valence-electron chi connectivity index (χ0n) is 24.0. The Morgan fingerprint density at radius 3 is 2.23 bits per heavy atom.